The number of aliphatic hydroxyl groups excluding tert-OH is 3. The zero-order chi connectivity index (χ0) is 11.4. The van der Waals surface area contributed by atoms with E-state index in [-0.39, 0.29) is 0 Å². The molecule has 0 saturated heterocycles. The highest BCUT2D eigenvalue weighted by Gasteiger charge is 2.43. The van der Waals surface area contributed by atoms with Crippen LogP contribution in [0.5, 0.6) is 0 Å². The lowest BCUT2D eigenvalue weighted by Gasteiger charge is -2.41. The number of hydrogen-bond acceptors (Lipinski definition) is 3. The Morgan fingerprint density at radius 3 is 1.14 bits per heavy atom. The van der Waals surface area contributed by atoms with E-state index in [1.54, 1.807) is 6.92 Å². The first-order valence-corrected chi connectivity index (χ1v) is 5.49. The predicted octanol–water partition coefficient (Wildman–Crippen LogP) is 1.31. The van der Waals surface area contributed by atoms with E-state index in [2.05, 4.69) is 0 Å². The van der Waals surface area contributed by atoms with Gasteiger partial charge in [0.25, 0.3) is 0 Å². The molecule has 0 saturated carbocycles. The smallest absolute Gasteiger partial charge is 0.0640 e. The van der Waals surface area contributed by atoms with E-state index >= 15 is 0 Å². The first kappa shape index (κ1) is 13.9. The third kappa shape index (κ3) is 2.47. The molecule has 3 unspecified atom stereocenters. The molecule has 0 radical (unpaired) electrons. The Morgan fingerprint density at radius 2 is 1.00 bits per heavy atom. The monoisotopic (exact) mass is 204 g/mol. The highest BCUT2D eigenvalue weighted by atomic mass is 16.3. The average Bonchev–Trinajstić information content (AvgIpc) is 2.24. The second kappa shape index (κ2) is 5.69. The molecule has 0 amide bonds. The van der Waals surface area contributed by atoms with E-state index in [9.17, 15) is 15.3 Å². The van der Waals surface area contributed by atoms with Crippen molar-refractivity contribution >= 4 is 0 Å². The molecule has 0 aliphatic heterocycles. The molecule has 3 heteroatoms. The summed E-state index contributed by atoms with van der Waals surface area (Å²) in [6, 6.07) is 0. The van der Waals surface area contributed by atoms with E-state index in [1.165, 1.54) is 0 Å². The Labute approximate surface area is 86.8 Å². The molecule has 0 aliphatic carbocycles. The molecule has 86 valence electrons. The van der Waals surface area contributed by atoms with Gasteiger partial charge in [0, 0.05) is 5.41 Å². The van der Waals surface area contributed by atoms with Gasteiger partial charge in [-0.2, -0.15) is 0 Å². The number of rotatable bonds is 6. The number of aliphatic hydroxyl groups is 3. The van der Waals surface area contributed by atoms with Gasteiger partial charge in [-0.05, 0) is 19.3 Å². The molecule has 0 heterocycles. The van der Waals surface area contributed by atoms with Crippen LogP contribution in [0, 0.1) is 5.41 Å². The molecule has 0 aromatic rings. The van der Waals surface area contributed by atoms with Gasteiger partial charge in [-0.3, -0.25) is 0 Å². The van der Waals surface area contributed by atoms with Gasteiger partial charge in [-0.25, -0.2) is 0 Å². The summed E-state index contributed by atoms with van der Waals surface area (Å²) in [5.74, 6) is 0. The van der Waals surface area contributed by atoms with Crippen LogP contribution in [0.1, 0.15) is 47.0 Å². The van der Waals surface area contributed by atoms with E-state index in [1.807, 2.05) is 20.8 Å². The zero-order valence-electron chi connectivity index (χ0n) is 9.70. The van der Waals surface area contributed by atoms with Crippen LogP contribution in [0.2, 0.25) is 0 Å². The maximum absolute atomic E-state index is 9.86. The van der Waals surface area contributed by atoms with Crippen LogP contribution in [0.15, 0.2) is 0 Å². The van der Waals surface area contributed by atoms with Gasteiger partial charge in [0.15, 0.2) is 0 Å². The molecule has 0 aromatic carbocycles. The predicted molar refractivity (Wildman–Crippen MR) is 57.0 cm³/mol. The summed E-state index contributed by atoms with van der Waals surface area (Å²) in [5.41, 5.74) is -0.807. The van der Waals surface area contributed by atoms with Gasteiger partial charge in [-0.15, -0.1) is 0 Å². The second-order valence-electron chi connectivity index (χ2n) is 4.14. The van der Waals surface area contributed by atoms with Gasteiger partial charge in [0.2, 0.25) is 0 Å². The fourth-order valence-electron chi connectivity index (χ4n) is 1.99. The summed E-state index contributed by atoms with van der Waals surface area (Å²) in [5, 5.41) is 29.6. The molecule has 0 aliphatic rings. The van der Waals surface area contributed by atoms with Crippen molar-refractivity contribution in [2.45, 2.75) is 65.3 Å². The van der Waals surface area contributed by atoms with E-state index in [4.69, 9.17) is 0 Å². The van der Waals surface area contributed by atoms with Gasteiger partial charge < -0.3 is 15.3 Å². The Kier molecular flexibility index (Phi) is 5.64. The largest absolute Gasteiger partial charge is 0.392 e. The first-order chi connectivity index (χ1) is 6.44. The average molecular weight is 204 g/mol. The van der Waals surface area contributed by atoms with Gasteiger partial charge in [0.05, 0.1) is 18.3 Å². The minimum atomic E-state index is -0.807. The fourth-order valence-corrected chi connectivity index (χ4v) is 1.99. The standard InChI is InChI=1S/C11H24O3/c1-5-8(12)11(4,9(13)6-2)10(14)7-3/h8-10,12-14H,5-7H2,1-4H3. The molecule has 3 nitrogen and oxygen atoms in total. The quantitative estimate of drug-likeness (QED) is 0.611. The third-order valence-electron chi connectivity index (χ3n) is 3.31. The summed E-state index contributed by atoms with van der Waals surface area (Å²) in [6.07, 6.45) is -0.341. The van der Waals surface area contributed by atoms with Gasteiger partial charge in [-0.1, -0.05) is 27.7 Å². The van der Waals surface area contributed by atoms with Gasteiger partial charge >= 0.3 is 0 Å². The normalized spacial score (nSPS) is 22.5. The molecule has 3 N–H and O–H groups in total. The molecular weight excluding hydrogens is 180 g/mol. The molecule has 0 spiro atoms. The summed E-state index contributed by atoms with van der Waals surface area (Å²) in [4.78, 5) is 0. The molecular formula is C11H24O3. The van der Waals surface area contributed by atoms with Crippen molar-refractivity contribution < 1.29 is 15.3 Å². The summed E-state index contributed by atoms with van der Waals surface area (Å²) < 4.78 is 0. The van der Waals surface area contributed by atoms with Crippen LogP contribution in [0.25, 0.3) is 0 Å². The molecule has 0 aromatic heterocycles. The minimum absolute atomic E-state index is 0.546. The van der Waals surface area contributed by atoms with E-state index in [0.717, 1.165) is 0 Å². The molecule has 0 rings (SSSR count). The first-order valence-electron chi connectivity index (χ1n) is 5.49. The Morgan fingerprint density at radius 1 is 0.786 bits per heavy atom. The van der Waals surface area contributed by atoms with Crippen LogP contribution in [0.3, 0.4) is 0 Å². The Balaban J connectivity index is 4.83. The topological polar surface area (TPSA) is 60.7 Å². The highest BCUT2D eigenvalue weighted by molar-refractivity contribution is 4.93. The third-order valence-corrected chi connectivity index (χ3v) is 3.31. The van der Waals surface area contributed by atoms with Crippen molar-refractivity contribution in [3.05, 3.63) is 0 Å². The lowest BCUT2D eigenvalue weighted by atomic mass is 9.71. The van der Waals surface area contributed by atoms with Crippen molar-refractivity contribution in [2.75, 3.05) is 0 Å². The lowest BCUT2D eigenvalue weighted by Crippen LogP contribution is -2.50. The highest BCUT2D eigenvalue weighted by Crippen LogP contribution is 2.35. The fraction of sp³-hybridized carbons (Fsp3) is 1.00. The van der Waals surface area contributed by atoms with Crippen LogP contribution < -0.4 is 0 Å². The van der Waals surface area contributed by atoms with Crippen molar-refractivity contribution in [1.82, 2.24) is 0 Å². The zero-order valence-corrected chi connectivity index (χ0v) is 9.70. The van der Waals surface area contributed by atoms with Crippen molar-refractivity contribution in [2.24, 2.45) is 5.41 Å². The van der Waals surface area contributed by atoms with Crippen LogP contribution in [-0.4, -0.2) is 33.6 Å². The lowest BCUT2D eigenvalue weighted by molar-refractivity contribution is -0.130. The van der Waals surface area contributed by atoms with Crippen LogP contribution in [0.4, 0.5) is 0 Å². The molecule has 0 fully saturated rings. The second-order valence-corrected chi connectivity index (χ2v) is 4.14. The molecule has 0 bridgehead atoms. The van der Waals surface area contributed by atoms with E-state index < -0.39 is 23.7 Å². The summed E-state index contributed by atoms with van der Waals surface area (Å²) >= 11 is 0. The Hall–Kier alpha value is -0.120. The van der Waals surface area contributed by atoms with Crippen molar-refractivity contribution in [1.29, 1.82) is 0 Å². The maximum atomic E-state index is 9.86. The Bertz CT molecular complexity index is 132. The maximum Gasteiger partial charge on any atom is 0.0640 e. The molecule has 14 heavy (non-hydrogen) atoms. The number of hydrogen-bond donors (Lipinski definition) is 3. The summed E-state index contributed by atoms with van der Waals surface area (Å²) in [7, 11) is 0. The molecule has 3 atom stereocenters. The SMILES string of the molecule is CCC(O)C(C)(C(O)CC)C(O)CC. The van der Waals surface area contributed by atoms with Crippen molar-refractivity contribution in [3.8, 4) is 0 Å². The summed E-state index contributed by atoms with van der Waals surface area (Å²) in [6.45, 7) is 7.32. The van der Waals surface area contributed by atoms with Crippen LogP contribution in [-0.2, 0) is 0 Å². The van der Waals surface area contributed by atoms with Gasteiger partial charge in [0.1, 0.15) is 0 Å². The van der Waals surface area contributed by atoms with Crippen molar-refractivity contribution in [3.63, 3.8) is 0 Å². The van der Waals surface area contributed by atoms with Crippen LogP contribution >= 0.6 is 0 Å². The van der Waals surface area contributed by atoms with E-state index in [0.29, 0.717) is 19.3 Å². The minimum Gasteiger partial charge on any atom is -0.392 e.